The van der Waals surface area contributed by atoms with Gasteiger partial charge in [0.2, 0.25) is 11.5 Å². The Morgan fingerprint density at radius 3 is 1.11 bits per heavy atom. The first kappa shape index (κ1) is 32.6. The zero-order valence-electron chi connectivity index (χ0n) is 24.5. The monoisotopic (exact) mass is 600 g/mol. The van der Waals surface area contributed by atoms with Crippen molar-refractivity contribution < 1.29 is 49.0 Å². The second kappa shape index (κ2) is 15.4. The van der Waals surface area contributed by atoms with Crippen LogP contribution in [0.25, 0.3) is 12.2 Å². The second-order valence-electron chi connectivity index (χ2n) is 8.93. The van der Waals surface area contributed by atoms with Crippen LogP contribution in [-0.4, -0.2) is 60.4 Å². The standard InChI is InChI=1S/2C17H16O5/c2*1-21-16-14(20)10-13(19)15(17(16)22-2)12(18)9-8-11-6-4-3-5-7-11/h2*3-10,19-20H,1-2H3. The minimum atomic E-state index is -0.462. The summed E-state index contributed by atoms with van der Waals surface area (Å²) in [6, 6.07) is 20.6. The van der Waals surface area contributed by atoms with E-state index in [9.17, 15) is 30.0 Å². The van der Waals surface area contributed by atoms with Gasteiger partial charge in [0.15, 0.2) is 34.6 Å². The molecule has 10 heteroatoms. The minimum absolute atomic E-state index is 0.00300. The molecule has 0 aromatic heterocycles. The third-order valence-corrected chi connectivity index (χ3v) is 6.15. The third kappa shape index (κ3) is 7.68. The summed E-state index contributed by atoms with van der Waals surface area (Å²) in [5, 5.41) is 39.3. The summed E-state index contributed by atoms with van der Waals surface area (Å²) in [6.45, 7) is 0. The van der Waals surface area contributed by atoms with Gasteiger partial charge in [0.05, 0.1) is 28.4 Å². The molecule has 0 aliphatic rings. The van der Waals surface area contributed by atoms with E-state index < -0.39 is 11.6 Å². The number of allylic oxidation sites excluding steroid dienone is 2. The first-order valence-electron chi connectivity index (χ1n) is 13.0. The van der Waals surface area contributed by atoms with E-state index in [1.54, 1.807) is 12.2 Å². The van der Waals surface area contributed by atoms with E-state index in [1.165, 1.54) is 40.6 Å². The number of ether oxygens (including phenoxy) is 4. The molecule has 0 radical (unpaired) electrons. The highest BCUT2D eigenvalue weighted by Gasteiger charge is 2.24. The van der Waals surface area contributed by atoms with Gasteiger partial charge in [0, 0.05) is 12.1 Å². The number of hydrogen-bond acceptors (Lipinski definition) is 10. The van der Waals surface area contributed by atoms with E-state index in [4.69, 9.17) is 18.9 Å². The SMILES string of the molecule is COc1c(O)cc(O)c(C(=O)C=Cc2ccccc2)c1OC.COc1c(O)cc(O)c(C(=O)C=Cc2ccccc2)c1OC. The fraction of sp³-hybridized carbons (Fsp3) is 0.118. The average molecular weight is 601 g/mol. The Hall–Kier alpha value is -5.90. The Balaban J connectivity index is 0.000000240. The Labute approximate surface area is 254 Å². The van der Waals surface area contributed by atoms with Crippen molar-refractivity contribution in [2.45, 2.75) is 0 Å². The molecule has 0 atom stereocenters. The zero-order chi connectivity index (χ0) is 32.2. The van der Waals surface area contributed by atoms with E-state index in [0.29, 0.717) is 0 Å². The van der Waals surface area contributed by atoms with Crippen molar-refractivity contribution in [3.63, 3.8) is 0 Å². The Bertz CT molecular complexity index is 1530. The number of hydrogen-bond donors (Lipinski definition) is 4. The van der Waals surface area contributed by atoms with Gasteiger partial charge in [-0.1, -0.05) is 72.8 Å². The number of phenols is 4. The van der Waals surface area contributed by atoms with Gasteiger partial charge < -0.3 is 39.4 Å². The topological polar surface area (TPSA) is 152 Å². The maximum absolute atomic E-state index is 12.3. The number of methoxy groups -OCH3 is 4. The van der Waals surface area contributed by atoms with Crippen LogP contribution in [-0.2, 0) is 0 Å². The van der Waals surface area contributed by atoms with Crippen molar-refractivity contribution in [3.05, 3.63) is 107 Å². The first-order valence-corrected chi connectivity index (χ1v) is 13.0. The van der Waals surface area contributed by atoms with Crippen molar-refractivity contribution in [3.8, 4) is 46.0 Å². The van der Waals surface area contributed by atoms with Crippen LogP contribution >= 0.6 is 0 Å². The van der Waals surface area contributed by atoms with Crippen LogP contribution in [0.4, 0.5) is 0 Å². The third-order valence-electron chi connectivity index (χ3n) is 6.15. The van der Waals surface area contributed by atoms with Crippen molar-refractivity contribution in [2.24, 2.45) is 0 Å². The van der Waals surface area contributed by atoms with Crippen LogP contribution in [0.1, 0.15) is 31.8 Å². The molecule has 4 aromatic rings. The van der Waals surface area contributed by atoms with Crippen molar-refractivity contribution in [1.29, 1.82) is 0 Å². The molecule has 10 nitrogen and oxygen atoms in total. The quantitative estimate of drug-likeness (QED) is 0.126. The molecule has 0 aliphatic heterocycles. The van der Waals surface area contributed by atoms with Gasteiger partial charge in [-0.25, -0.2) is 0 Å². The lowest BCUT2D eigenvalue weighted by Gasteiger charge is -2.13. The molecule has 4 rings (SSSR count). The highest BCUT2D eigenvalue weighted by Crippen LogP contribution is 2.45. The summed E-state index contributed by atoms with van der Waals surface area (Å²) in [5.74, 6) is -2.32. The fourth-order valence-corrected chi connectivity index (χ4v) is 4.13. The zero-order valence-corrected chi connectivity index (χ0v) is 24.5. The first-order chi connectivity index (χ1) is 21.2. The molecule has 0 unspecified atom stereocenters. The highest BCUT2D eigenvalue weighted by atomic mass is 16.5. The van der Waals surface area contributed by atoms with Crippen molar-refractivity contribution >= 4 is 23.7 Å². The number of benzene rings is 4. The molecular formula is C34H32O10. The molecule has 44 heavy (non-hydrogen) atoms. The minimum Gasteiger partial charge on any atom is -0.507 e. The highest BCUT2D eigenvalue weighted by molar-refractivity contribution is 6.12. The molecule has 228 valence electrons. The van der Waals surface area contributed by atoms with Crippen LogP contribution in [0.5, 0.6) is 46.0 Å². The summed E-state index contributed by atoms with van der Waals surface area (Å²) in [5.41, 5.74) is 1.56. The van der Waals surface area contributed by atoms with Gasteiger partial charge in [0.25, 0.3) is 0 Å². The molecule has 0 aliphatic carbocycles. The predicted octanol–water partition coefficient (Wildman–Crippen LogP) is 6.02. The van der Waals surface area contributed by atoms with Gasteiger partial charge in [-0.15, -0.1) is 0 Å². The van der Waals surface area contributed by atoms with Gasteiger partial charge >= 0.3 is 0 Å². The molecule has 4 aromatic carbocycles. The maximum atomic E-state index is 12.3. The number of carbonyl (C=O) groups excluding carboxylic acids is 2. The molecule has 0 heterocycles. The van der Waals surface area contributed by atoms with Crippen LogP contribution in [0, 0.1) is 0 Å². The average Bonchev–Trinajstić information content (AvgIpc) is 3.03. The van der Waals surface area contributed by atoms with E-state index >= 15 is 0 Å². The molecule has 4 N–H and O–H groups in total. The van der Waals surface area contributed by atoms with E-state index in [2.05, 4.69) is 0 Å². The summed E-state index contributed by atoms with van der Waals surface area (Å²) in [6.07, 6.45) is 5.90. The molecule has 0 bridgehead atoms. The molecule has 0 fully saturated rings. The summed E-state index contributed by atoms with van der Waals surface area (Å²) >= 11 is 0. The van der Waals surface area contributed by atoms with E-state index in [1.807, 2.05) is 60.7 Å². The van der Waals surface area contributed by atoms with Gasteiger partial charge in [-0.2, -0.15) is 0 Å². The number of ketones is 2. The maximum Gasteiger partial charge on any atom is 0.204 e. The lowest BCUT2D eigenvalue weighted by Crippen LogP contribution is -2.02. The second-order valence-corrected chi connectivity index (χ2v) is 8.93. The number of phenolic OH excluding ortho intramolecular Hbond substituents is 4. The largest absolute Gasteiger partial charge is 0.507 e. The van der Waals surface area contributed by atoms with Crippen LogP contribution in [0.3, 0.4) is 0 Å². The van der Waals surface area contributed by atoms with Crippen LogP contribution < -0.4 is 18.9 Å². The van der Waals surface area contributed by atoms with Crippen molar-refractivity contribution in [2.75, 3.05) is 28.4 Å². The molecule has 0 saturated carbocycles. The van der Waals surface area contributed by atoms with Crippen LogP contribution in [0.2, 0.25) is 0 Å². The number of carbonyl (C=O) groups is 2. The predicted molar refractivity (Wildman–Crippen MR) is 165 cm³/mol. The summed E-state index contributed by atoms with van der Waals surface area (Å²) in [4.78, 5) is 24.7. The fourth-order valence-electron chi connectivity index (χ4n) is 4.13. The number of rotatable bonds is 10. The van der Waals surface area contributed by atoms with E-state index in [-0.39, 0.29) is 57.1 Å². The van der Waals surface area contributed by atoms with Crippen LogP contribution in [0.15, 0.2) is 84.9 Å². The molecular weight excluding hydrogens is 568 g/mol. The normalized spacial score (nSPS) is 10.6. The van der Waals surface area contributed by atoms with Crippen molar-refractivity contribution in [1.82, 2.24) is 0 Å². The van der Waals surface area contributed by atoms with E-state index in [0.717, 1.165) is 23.3 Å². The Kier molecular flexibility index (Phi) is 11.4. The Morgan fingerprint density at radius 1 is 0.500 bits per heavy atom. The number of aromatic hydroxyl groups is 4. The Morgan fingerprint density at radius 2 is 0.818 bits per heavy atom. The van der Waals surface area contributed by atoms with Gasteiger partial charge in [-0.3, -0.25) is 9.59 Å². The van der Waals surface area contributed by atoms with Gasteiger partial charge in [-0.05, 0) is 23.3 Å². The van der Waals surface area contributed by atoms with Gasteiger partial charge in [0.1, 0.15) is 22.6 Å². The summed E-state index contributed by atoms with van der Waals surface area (Å²) < 4.78 is 20.2. The molecule has 0 spiro atoms. The lowest BCUT2D eigenvalue weighted by atomic mass is 10.1. The molecule has 0 saturated heterocycles. The smallest absolute Gasteiger partial charge is 0.204 e. The summed E-state index contributed by atoms with van der Waals surface area (Å²) in [7, 11) is 5.33. The molecule has 0 amide bonds. The lowest BCUT2D eigenvalue weighted by molar-refractivity contribution is 0.103.